The average Bonchev–Trinajstić information content (AvgIpc) is 2.69. The van der Waals surface area contributed by atoms with Gasteiger partial charge >= 0.3 is 0 Å². The van der Waals surface area contributed by atoms with Crippen LogP contribution in [0.1, 0.15) is 5.69 Å². The second-order valence-corrected chi connectivity index (χ2v) is 6.90. The molecule has 1 aromatic heterocycles. The van der Waals surface area contributed by atoms with Gasteiger partial charge in [0.15, 0.2) is 0 Å². The Labute approximate surface area is 120 Å². The van der Waals surface area contributed by atoms with E-state index in [9.17, 15) is 8.42 Å². The average molecular weight is 295 g/mol. The smallest absolute Gasteiger partial charge is 0.245 e. The quantitative estimate of drug-likeness (QED) is 0.905. The van der Waals surface area contributed by atoms with Gasteiger partial charge in [-0.2, -0.15) is 4.31 Å². The van der Waals surface area contributed by atoms with Crippen molar-refractivity contribution in [3.8, 4) is 0 Å². The van der Waals surface area contributed by atoms with E-state index >= 15 is 0 Å². The Bertz CT molecular complexity index is 719. The summed E-state index contributed by atoms with van der Waals surface area (Å²) in [5.74, 6) is 0. The minimum atomic E-state index is -3.48. The maximum atomic E-state index is 12.8. The van der Waals surface area contributed by atoms with Crippen LogP contribution in [0.25, 0.3) is 10.9 Å². The monoisotopic (exact) mass is 295 g/mol. The van der Waals surface area contributed by atoms with E-state index in [1.807, 2.05) is 49.9 Å². The highest BCUT2D eigenvalue weighted by Crippen LogP contribution is 2.30. The molecule has 0 atom stereocenters. The first kappa shape index (κ1) is 15.0. The lowest BCUT2D eigenvalue weighted by atomic mass is 10.2. The first-order valence-corrected chi connectivity index (χ1v) is 8.00. The van der Waals surface area contributed by atoms with Gasteiger partial charge in [0.2, 0.25) is 10.0 Å². The molecule has 0 aliphatic rings. The van der Waals surface area contributed by atoms with Crippen LogP contribution in [0.5, 0.6) is 0 Å². The van der Waals surface area contributed by atoms with Crippen molar-refractivity contribution >= 4 is 20.9 Å². The summed E-state index contributed by atoms with van der Waals surface area (Å²) >= 11 is 0. The Morgan fingerprint density at radius 1 is 1.30 bits per heavy atom. The molecule has 0 radical (unpaired) electrons. The number of aryl methyl sites for hydroxylation is 1. The predicted molar refractivity (Wildman–Crippen MR) is 81.4 cm³/mol. The van der Waals surface area contributed by atoms with Gasteiger partial charge in [-0.1, -0.05) is 18.2 Å². The fourth-order valence-corrected chi connectivity index (χ4v) is 3.96. The van der Waals surface area contributed by atoms with Crippen molar-refractivity contribution in [2.75, 3.05) is 27.2 Å². The van der Waals surface area contributed by atoms with E-state index in [0.29, 0.717) is 18.0 Å². The number of sulfonamides is 1. The fraction of sp³-hybridized carbons (Fsp3) is 0.429. The van der Waals surface area contributed by atoms with Crippen molar-refractivity contribution in [3.63, 3.8) is 0 Å². The third kappa shape index (κ3) is 2.34. The number of nitrogens with one attached hydrogen (secondary N) is 1. The van der Waals surface area contributed by atoms with Gasteiger partial charge in [-0.3, -0.25) is 0 Å². The van der Waals surface area contributed by atoms with Gasteiger partial charge in [-0.25, -0.2) is 8.42 Å². The summed E-state index contributed by atoms with van der Waals surface area (Å²) in [4.78, 5) is 0.411. The summed E-state index contributed by atoms with van der Waals surface area (Å²) < 4.78 is 28.9. The molecule has 0 spiro atoms. The van der Waals surface area contributed by atoms with Crippen LogP contribution in [-0.2, 0) is 17.1 Å². The van der Waals surface area contributed by atoms with Crippen LogP contribution in [-0.4, -0.2) is 44.5 Å². The van der Waals surface area contributed by atoms with Crippen molar-refractivity contribution in [2.45, 2.75) is 11.8 Å². The molecule has 6 heteroatoms. The summed E-state index contributed by atoms with van der Waals surface area (Å²) in [6.45, 7) is 2.92. The Morgan fingerprint density at radius 2 is 1.95 bits per heavy atom. The fourth-order valence-electron chi connectivity index (χ4n) is 2.36. The lowest BCUT2D eigenvalue weighted by Crippen LogP contribution is -2.33. The molecule has 20 heavy (non-hydrogen) atoms. The predicted octanol–water partition coefficient (Wildman–Crippen LogP) is 1.33. The third-order valence-electron chi connectivity index (χ3n) is 3.69. The molecule has 0 aliphatic carbocycles. The highest BCUT2D eigenvalue weighted by molar-refractivity contribution is 7.89. The minimum Gasteiger partial charge on any atom is -0.347 e. The molecule has 0 bridgehead atoms. The van der Waals surface area contributed by atoms with Crippen molar-refractivity contribution in [3.05, 3.63) is 30.0 Å². The largest absolute Gasteiger partial charge is 0.347 e. The van der Waals surface area contributed by atoms with Crippen LogP contribution >= 0.6 is 0 Å². The van der Waals surface area contributed by atoms with Crippen LogP contribution in [0.15, 0.2) is 29.2 Å². The molecule has 0 fully saturated rings. The highest BCUT2D eigenvalue weighted by atomic mass is 32.2. The standard InChI is InChI=1S/C14H21N3O2S/c1-11-14(20(18,19)16(3)10-9-15-2)12-7-5-6-8-13(12)17(11)4/h5-8,15H,9-10H2,1-4H3. The SMILES string of the molecule is CNCCN(C)S(=O)(=O)c1c(C)n(C)c2ccccc12. The Morgan fingerprint density at radius 3 is 2.60 bits per heavy atom. The second kappa shape index (κ2) is 5.55. The summed E-state index contributed by atoms with van der Waals surface area (Å²) in [6, 6.07) is 7.59. The molecule has 2 rings (SSSR count). The summed E-state index contributed by atoms with van der Waals surface area (Å²) in [5.41, 5.74) is 1.70. The molecule has 1 aromatic carbocycles. The number of aromatic nitrogens is 1. The molecule has 0 unspecified atom stereocenters. The first-order chi connectivity index (χ1) is 9.41. The van der Waals surface area contributed by atoms with Crippen LogP contribution in [0.4, 0.5) is 0 Å². The zero-order valence-corrected chi connectivity index (χ0v) is 13.2. The number of benzene rings is 1. The zero-order valence-electron chi connectivity index (χ0n) is 12.3. The molecule has 0 saturated heterocycles. The van der Waals surface area contributed by atoms with Crippen LogP contribution in [0.3, 0.4) is 0 Å². The highest BCUT2D eigenvalue weighted by Gasteiger charge is 2.27. The molecular weight excluding hydrogens is 274 g/mol. The Hall–Kier alpha value is -1.37. The molecule has 0 saturated carbocycles. The van der Waals surface area contributed by atoms with E-state index in [1.54, 1.807) is 7.05 Å². The van der Waals surface area contributed by atoms with Gasteiger partial charge in [0.05, 0.1) is 0 Å². The normalized spacial score (nSPS) is 12.4. The Kier molecular flexibility index (Phi) is 4.17. The topological polar surface area (TPSA) is 54.3 Å². The number of rotatable bonds is 5. The summed E-state index contributed by atoms with van der Waals surface area (Å²) in [7, 11) is 1.85. The lowest BCUT2D eigenvalue weighted by Gasteiger charge is -2.17. The second-order valence-electron chi connectivity index (χ2n) is 4.92. The van der Waals surface area contributed by atoms with Crippen LogP contribution in [0, 0.1) is 6.92 Å². The number of fused-ring (bicyclic) bond motifs is 1. The van der Waals surface area contributed by atoms with Crippen molar-refractivity contribution in [1.29, 1.82) is 0 Å². The van der Waals surface area contributed by atoms with Gasteiger partial charge < -0.3 is 9.88 Å². The van der Waals surface area contributed by atoms with E-state index in [4.69, 9.17) is 0 Å². The molecule has 2 aromatic rings. The van der Waals surface area contributed by atoms with Gasteiger partial charge in [0.25, 0.3) is 0 Å². The van der Waals surface area contributed by atoms with E-state index in [0.717, 1.165) is 16.6 Å². The lowest BCUT2D eigenvalue weighted by molar-refractivity contribution is 0.466. The van der Waals surface area contributed by atoms with E-state index in [-0.39, 0.29) is 0 Å². The minimum absolute atomic E-state index is 0.411. The van der Waals surface area contributed by atoms with Crippen LogP contribution < -0.4 is 5.32 Å². The molecule has 1 N–H and O–H groups in total. The molecule has 0 aliphatic heterocycles. The van der Waals surface area contributed by atoms with E-state index < -0.39 is 10.0 Å². The third-order valence-corrected chi connectivity index (χ3v) is 5.72. The maximum absolute atomic E-state index is 12.8. The van der Waals surface area contributed by atoms with Crippen molar-refractivity contribution < 1.29 is 8.42 Å². The number of hydrogen-bond acceptors (Lipinski definition) is 3. The van der Waals surface area contributed by atoms with Gasteiger partial charge in [0, 0.05) is 43.8 Å². The van der Waals surface area contributed by atoms with Gasteiger partial charge in [-0.05, 0) is 20.0 Å². The maximum Gasteiger partial charge on any atom is 0.245 e. The molecule has 1 heterocycles. The molecule has 5 nitrogen and oxygen atoms in total. The van der Waals surface area contributed by atoms with E-state index in [2.05, 4.69) is 5.32 Å². The van der Waals surface area contributed by atoms with E-state index in [1.165, 1.54) is 4.31 Å². The number of nitrogens with zero attached hydrogens (tertiary/aromatic N) is 2. The van der Waals surface area contributed by atoms with Gasteiger partial charge in [-0.15, -0.1) is 0 Å². The number of para-hydroxylation sites is 1. The number of hydrogen-bond donors (Lipinski definition) is 1. The number of likely N-dealkylation sites (N-methyl/N-ethyl adjacent to an activating group) is 2. The summed E-state index contributed by atoms with van der Waals surface area (Å²) in [6.07, 6.45) is 0. The molecule has 110 valence electrons. The zero-order chi connectivity index (χ0) is 14.9. The van der Waals surface area contributed by atoms with Crippen LogP contribution in [0.2, 0.25) is 0 Å². The van der Waals surface area contributed by atoms with Crippen molar-refractivity contribution in [1.82, 2.24) is 14.2 Å². The Balaban J connectivity index is 2.60. The molecule has 0 amide bonds. The van der Waals surface area contributed by atoms with Crippen molar-refractivity contribution in [2.24, 2.45) is 7.05 Å². The summed E-state index contributed by atoms with van der Waals surface area (Å²) in [5, 5.41) is 3.75. The van der Waals surface area contributed by atoms with Gasteiger partial charge in [0.1, 0.15) is 4.90 Å². The molecular formula is C14H21N3O2S. The first-order valence-electron chi connectivity index (χ1n) is 6.56.